The summed E-state index contributed by atoms with van der Waals surface area (Å²) < 4.78 is 0. The highest BCUT2D eigenvalue weighted by Crippen LogP contribution is 2.07. The lowest BCUT2D eigenvalue weighted by atomic mass is 10.0. The van der Waals surface area contributed by atoms with E-state index in [9.17, 15) is 24.0 Å². The lowest BCUT2D eigenvalue weighted by Gasteiger charge is -2.23. The van der Waals surface area contributed by atoms with Gasteiger partial charge < -0.3 is 36.7 Å². The molecule has 0 radical (unpaired) electrons. The van der Waals surface area contributed by atoms with Gasteiger partial charge in [0.05, 0.1) is 6.04 Å². The summed E-state index contributed by atoms with van der Waals surface area (Å²) >= 11 is 0. The van der Waals surface area contributed by atoms with E-state index in [0.29, 0.717) is 38.3 Å². The molecule has 0 saturated heterocycles. The largest absolute Gasteiger partial charge is 0.370 e. The molecule has 0 aliphatic rings. The molecule has 0 fully saturated rings. The van der Waals surface area contributed by atoms with Crippen molar-refractivity contribution in [3.05, 3.63) is 35.9 Å². The molecule has 0 bridgehead atoms. The monoisotopic (exact) mass is 678 g/mol. The summed E-state index contributed by atoms with van der Waals surface area (Å²) in [5, 5.41) is 11.4. The third-order valence-corrected chi connectivity index (χ3v) is 6.71. The zero-order valence-corrected chi connectivity index (χ0v) is 31.7. The van der Waals surface area contributed by atoms with Crippen LogP contribution in [0.5, 0.6) is 0 Å². The molecule has 6 N–H and O–H groups in total. The van der Waals surface area contributed by atoms with Gasteiger partial charge in [-0.25, -0.2) is 0 Å². The Morgan fingerprint density at radius 3 is 1.88 bits per heavy atom. The van der Waals surface area contributed by atoms with Gasteiger partial charge in [-0.05, 0) is 58.6 Å². The van der Waals surface area contributed by atoms with E-state index in [2.05, 4.69) is 26.3 Å². The summed E-state index contributed by atoms with van der Waals surface area (Å²) in [6, 6.07) is 7.33. The molecule has 0 aromatic heterocycles. The van der Waals surface area contributed by atoms with Crippen LogP contribution in [0.15, 0.2) is 35.3 Å². The molecular weight excluding hydrogens is 610 g/mol. The number of nitrogens with one attached hydrogen (secondary N) is 4. The number of carbonyl (C=O) groups is 5. The SMILES string of the molecule is CC.CC.CC.CNC(CCCCNC(=O)C(Cc1ccccc1)NC(=O)C(CCCN=C(N)N(C)C)NC(=O)CCC(C)=O)C(C)=O. The van der Waals surface area contributed by atoms with Crippen LogP contribution < -0.4 is 27.0 Å². The number of aliphatic imine (C=N–C) groups is 1. The number of carbonyl (C=O) groups excluding carboxylic acids is 5. The van der Waals surface area contributed by atoms with E-state index in [1.54, 1.807) is 33.0 Å². The molecule has 0 saturated carbocycles. The standard InChI is InChI=1S/C30H49N7O5.3C2H6/c1-21(38)16-17-27(40)35-25(15-11-19-34-30(31)37(4)5)29(42)36-26(20-23-12-7-6-8-13-23)28(41)33-18-10-9-14-24(32-3)22(2)39;3*1-2/h6-8,12-13,24-26,32H,9-11,14-20H2,1-5H3,(H2,31,34)(H,33,41)(H,35,40)(H,36,42);3*1-2H3. The molecule has 12 nitrogen and oxygen atoms in total. The smallest absolute Gasteiger partial charge is 0.243 e. The quantitative estimate of drug-likeness (QED) is 0.0788. The molecule has 276 valence electrons. The minimum atomic E-state index is -0.920. The van der Waals surface area contributed by atoms with Gasteiger partial charge in [0.1, 0.15) is 23.7 Å². The van der Waals surface area contributed by atoms with E-state index in [1.165, 1.54) is 6.92 Å². The molecule has 0 aliphatic carbocycles. The van der Waals surface area contributed by atoms with Crippen molar-refractivity contribution in [3.63, 3.8) is 0 Å². The average Bonchev–Trinajstić information content (AvgIpc) is 3.09. The number of rotatable bonds is 20. The third-order valence-electron chi connectivity index (χ3n) is 6.71. The molecule has 1 aromatic carbocycles. The van der Waals surface area contributed by atoms with Gasteiger partial charge in [0.25, 0.3) is 0 Å². The molecule has 1 rings (SSSR count). The van der Waals surface area contributed by atoms with Crippen LogP contribution in [0, 0.1) is 0 Å². The van der Waals surface area contributed by atoms with Crippen LogP contribution in [0.2, 0.25) is 0 Å². The summed E-state index contributed by atoms with van der Waals surface area (Å²) in [7, 11) is 5.29. The summed E-state index contributed by atoms with van der Waals surface area (Å²) in [6.45, 7) is 15.7. The van der Waals surface area contributed by atoms with Crippen molar-refractivity contribution in [1.82, 2.24) is 26.2 Å². The second kappa shape index (κ2) is 31.8. The molecular formula is C36H67N7O5. The Bertz CT molecular complexity index is 1050. The Morgan fingerprint density at radius 2 is 1.35 bits per heavy atom. The number of nitrogens with zero attached hydrogens (tertiary/aromatic N) is 2. The highest BCUT2D eigenvalue weighted by atomic mass is 16.2. The lowest BCUT2D eigenvalue weighted by molar-refractivity contribution is -0.132. The van der Waals surface area contributed by atoms with Crippen molar-refractivity contribution in [2.24, 2.45) is 10.7 Å². The molecule has 0 spiro atoms. The van der Waals surface area contributed by atoms with Gasteiger partial charge in [-0.3, -0.25) is 24.2 Å². The van der Waals surface area contributed by atoms with Crippen LogP contribution in [0.3, 0.4) is 0 Å². The van der Waals surface area contributed by atoms with Gasteiger partial charge in [-0.2, -0.15) is 0 Å². The highest BCUT2D eigenvalue weighted by molar-refractivity contribution is 5.93. The number of guanidine groups is 1. The predicted molar refractivity (Wildman–Crippen MR) is 198 cm³/mol. The van der Waals surface area contributed by atoms with Gasteiger partial charge in [-0.1, -0.05) is 71.9 Å². The Labute approximate surface area is 290 Å². The first-order chi connectivity index (χ1) is 22.9. The number of hydrogen-bond donors (Lipinski definition) is 5. The van der Waals surface area contributed by atoms with Gasteiger partial charge in [0, 0.05) is 46.4 Å². The maximum Gasteiger partial charge on any atom is 0.243 e. The van der Waals surface area contributed by atoms with Crippen molar-refractivity contribution in [2.45, 2.75) is 125 Å². The summed E-state index contributed by atoms with van der Waals surface area (Å²) in [5.74, 6) is -0.954. The van der Waals surface area contributed by atoms with E-state index < -0.39 is 23.9 Å². The van der Waals surface area contributed by atoms with Crippen molar-refractivity contribution in [3.8, 4) is 0 Å². The number of Topliss-reactive ketones (excluding diaryl/α,β-unsaturated/α-hetero) is 2. The molecule has 12 heteroatoms. The zero-order valence-electron chi connectivity index (χ0n) is 31.7. The first-order valence-electron chi connectivity index (χ1n) is 17.5. The number of benzene rings is 1. The van der Waals surface area contributed by atoms with Crippen LogP contribution in [-0.2, 0) is 30.4 Å². The van der Waals surface area contributed by atoms with Crippen molar-refractivity contribution in [1.29, 1.82) is 0 Å². The summed E-state index contributed by atoms with van der Waals surface area (Å²) in [4.78, 5) is 68.0. The molecule has 48 heavy (non-hydrogen) atoms. The normalized spacial score (nSPS) is 12.1. The Kier molecular flexibility index (Phi) is 32.2. The summed E-state index contributed by atoms with van der Waals surface area (Å²) in [5.41, 5.74) is 6.71. The molecule has 1 aromatic rings. The number of nitrogens with two attached hydrogens (primary N) is 1. The third kappa shape index (κ3) is 24.4. The number of ketones is 2. The fraction of sp³-hybridized carbons (Fsp3) is 0.667. The Hall–Kier alpha value is -3.80. The minimum Gasteiger partial charge on any atom is -0.370 e. The van der Waals surface area contributed by atoms with Crippen LogP contribution in [-0.4, -0.2) is 92.5 Å². The van der Waals surface area contributed by atoms with Gasteiger partial charge in [0.2, 0.25) is 17.7 Å². The predicted octanol–water partition coefficient (Wildman–Crippen LogP) is 3.77. The number of unbranched alkanes of at least 4 members (excludes halogenated alkanes) is 1. The van der Waals surface area contributed by atoms with E-state index in [-0.39, 0.29) is 49.2 Å². The molecule has 3 unspecified atom stereocenters. The van der Waals surface area contributed by atoms with Crippen LogP contribution >= 0.6 is 0 Å². The molecule has 3 atom stereocenters. The minimum absolute atomic E-state index is 0.0309. The zero-order chi connectivity index (χ0) is 37.5. The van der Waals surface area contributed by atoms with E-state index in [1.807, 2.05) is 71.9 Å². The van der Waals surface area contributed by atoms with Gasteiger partial charge >= 0.3 is 0 Å². The molecule has 3 amide bonds. The van der Waals surface area contributed by atoms with E-state index >= 15 is 0 Å². The second-order valence-corrected chi connectivity index (χ2v) is 10.6. The Morgan fingerprint density at radius 1 is 0.771 bits per heavy atom. The second-order valence-electron chi connectivity index (χ2n) is 10.6. The highest BCUT2D eigenvalue weighted by Gasteiger charge is 2.27. The maximum atomic E-state index is 13.4. The number of hydrogen-bond acceptors (Lipinski definition) is 7. The van der Waals surface area contributed by atoms with Crippen molar-refractivity contribution >= 4 is 35.2 Å². The van der Waals surface area contributed by atoms with Crippen LogP contribution in [0.25, 0.3) is 0 Å². The average molecular weight is 678 g/mol. The molecule has 0 heterocycles. The number of amides is 3. The van der Waals surface area contributed by atoms with E-state index in [0.717, 1.165) is 12.0 Å². The van der Waals surface area contributed by atoms with Gasteiger partial charge in [0.15, 0.2) is 5.96 Å². The first-order valence-corrected chi connectivity index (χ1v) is 17.5. The van der Waals surface area contributed by atoms with Gasteiger partial charge in [-0.15, -0.1) is 0 Å². The number of likely N-dealkylation sites (N-methyl/N-ethyl adjacent to an activating group) is 1. The fourth-order valence-corrected chi connectivity index (χ4v) is 4.15. The summed E-state index contributed by atoms with van der Waals surface area (Å²) in [6.07, 6.45) is 3.12. The molecule has 0 aliphatic heterocycles. The fourth-order valence-electron chi connectivity index (χ4n) is 4.15. The topological polar surface area (TPSA) is 175 Å². The Balaban J connectivity index is -0.00000318. The lowest BCUT2D eigenvalue weighted by Crippen LogP contribution is -2.54. The van der Waals surface area contributed by atoms with Crippen LogP contribution in [0.1, 0.15) is 106 Å². The van der Waals surface area contributed by atoms with Crippen LogP contribution in [0.4, 0.5) is 0 Å². The van der Waals surface area contributed by atoms with Crippen molar-refractivity contribution < 1.29 is 24.0 Å². The van der Waals surface area contributed by atoms with Crippen molar-refractivity contribution in [2.75, 3.05) is 34.2 Å². The maximum absolute atomic E-state index is 13.4. The van der Waals surface area contributed by atoms with E-state index in [4.69, 9.17) is 5.73 Å². The first kappa shape index (κ1) is 48.6.